The predicted molar refractivity (Wildman–Crippen MR) is 146 cm³/mol. The highest BCUT2D eigenvalue weighted by molar-refractivity contribution is 5.94. The summed E-state index contributed by atoms with van der Waals surface area (Å²) in [6.07, 6.45) is 5.56. The average Bonchev–Trinajstić information content (AvgIpc) is 3.41. The van der Waals surface area contributed by atoms with Crippen molar-refractivity contribution >= 4 is 16.7 Å². The number of morpholine rings is 1. The van der Waals surface area contributed by atoms with Crippen molar-refractivity contribution in [2.24, 2.45) is 7.05 Å². The van der Waals surface area contributed by atoms with Gasteiger partial charge in [0.1, 0.15) is 11.6 Å². The number of nitrogens with zero attached hydrogens (tertiary/aromatic N) is 7. The minimum Gasteiger partial charge on any atom is -0.377 e. The van der Waals surface area contributed by atoms with E-state index in [0.29, 0.717) is 31.1 Å². The first-order valence-corrected chi connectivity index (χ1v) is 12.8. The van der Waals surface area contributed by atoms with Crippen molar-refractivity contribution in [1.29, 1.82) is 0 Å². The van der Waals surface area contributed by atoms with Crippen LogP contribution >= 0.6 is 0 Å². The van der Waals surface area contributed by atoms with Crippen molar-refractivity contribution in [1.82, 2.24) is 29.3 Å². The maximum absolute atomic E-state index is 14.8. The van der Waals surface area contributed by atoms with Crippen molar-refractivity contribution in [3.05, 3.63) is 71.7 Å². The average molecular weight is 512 g/mol. The van der Waals surface area contributed by atoms with Crippen LogP contribution < -0.4 is 4.90 Å². The number of fused-ring (bicyclic) bond motifs is 1. The van der Waals surface area contributed by atoms with Gasteiger partial charge in [-0.2, -0.15) is 5.10 Å². The molecule has 38 heavy (non-hydrogen) atoms. The highest BCUT2D eigenvalue weighted by Crippen LogP contribution is 2.35. The molecule has 0 radical (unpaired) electrons. The lowest BCUT2D eigenvalue weighted by Gasteiger charge is -2.34. The third-order valence-corrected chi connectivity index (χ3v) is 7.24. The Morgan fingerprint density at radius 2 is 1.89 bits per heavy atom. The number of aromatic nitrogens is 6. The van der Waals surface area contributed by atoms with E-state index >= 15 is 0 Å². The lowest BCUT2D eigenvalue weighted by molar-refractivity contribution is 0.0985. The lowest BCUT2D eigenvalue weighted by Crippen LogP contribution is -2.44. The van der Waals surface area contributed by atoms with Gasteiger partial charge in [0.25, 0.3) is 0 Å². The molecule has 194 valence electrons. The molecule has 1 aromatic carbocycles. The minimum absolute atomic E-state index is 0.145. The van der Waals surface area contributed by atoms with Crippen LogP contribution in [0.4, 0.5) is 10.2 Å². The van der Waals surface area contributed by atoms with Crippen LogP contribution in [0.2, 0.25) is 0 Å². The number of hydrogen-bond acceptors (Lipinski definition) is 6. The molecule has 0 amide bonds. The quantitative estimate of drug-likeness (QED) is 0.331. The predicted octanol–water partition coefficient (Wildman–Crippen LogP) is 5.17. The first-order valence-electron chi connectivity index (χ1n) is 12.8. The Hall–Kier alpha value is -4.11. The van der Waals surface area contributed by atoms with Crippen LogP contribution in [-0.4, -0.2) is 55.1 Å². The molecule has 6 rings (SSSR count). The summed E-state index contributed by atoms with van der Waals surface area (Å²) in [6.45, 7) is 10.1. The zero-order valence-electron chi connectivity index (χ0n) is 22.2. The van der Waals surface area contributed by atoms with Gasteiger partial charge in [0.15, 0.2) is 5.82 Å². The summed E-state index contributed by atoms with van der Waals surface area (Å²) >= 11 is 0. The maximum atomic E-state index is 14.8. The van der Waals surface area contributed by atoms with Gasteiger partial charge in [-0.1, -0.05) is 0 Å². The number of aryl methyl sites for hydroxylation is 3. The molecule has 9 heteroatoms. The normalized spacial score (nSPS) is 15.9. The van der Waals surface area contributed by atoms with Crippen molar-refractivity contribution in [3.63, 3.8) is 0 Å². The molecule has 1 fully saturated rings. The molecule has 5 aromatic rings. The molecule has 1 saturated heterocycles. The SMILES string of the molecule is Cc1cncc(-n2nc(C)c(-c3cc(N4CCOC[C@H]4C)nc(-c4cc(F)cc5c4ccn5C)n3)c2C)c1. The summed E-state index contributed by atoms with van der Waals surface area (Å²) in [6, 6.07) is 9.27. The van der Waals surface area contributed by atoms with Crippen LogP contribution in [0, 0.1) is 26.6 Å². The van der Waals surface area contributed by atoms with Crippen LogP contribution in [0.25, 0.3) is 39.2 Å². The summed E-state index contributed by atoms with van der Waals surface area (Å²) in [7, 11) is 1.91. The molecule has 0 N–H and O–H groups in total. The van der Waals surface area contributed by atoms with E-state index in [-0.39, 0.29) is 11.9 Å². The van der Waals surface area contributed by atoms with Gasteiger partial charge >= 0.3 is 0 Å². The van der Waals surface area contributed by atoms with Gasteiger partial charge in [-0.15, -0.1) is 0 Å². The molecule has 5 heterocycles. The van der Waals surface area contributed by atoms with Gasteiger partial charge < -0.3 is 14.2 Å². The van der Waals surface area contributed by atoms with Gasteiger partial charge in [-0.05, 0) is 57.5 Å². The monoisotopic (exact) mass is 511 g/mol. The van der Waals surface area contributed by atoms with Crippen molar-refractivity contribution in [3.8, 4) is 28.3 Å². The number of pyridine rings is 1. The zero-order chi connectivity index (χ0) is 26.6. The Bertz CT molecular complexity index is 1670. The second-order valence-electron chi connectivity index (χ2n) is 10.0. The Morgan fingerprint density at radius 3 is 2.68 bits per heavy atom. The molecule has 8 nitrogen and oxygen atoms in total. The van der Waals surface area contributed by atoms with E-state index in [1.54, 1.807) is 12.3 Å². The fraction of sp³-hybridized carbons (Fsp3) is 0.310. The van der Waals surface area contributed by atoms with Gasteiger partial charge in [-0.3, -0.25) is 4.98 Å². The van der Waals surface area contributed by atoms with E-state index in [9.17, 15) is 4.39 Å². The third-order valence-electron chi connectivity index (χ3n) is 7.24. The minimum atomic E-state index is -0.322. The zero-order valence-corrected chi connectivity index (χ0v) is 22.2. The summed E-state index contributed by atoms with van der Waals surface area (Å²) in [5.74, 6) is 0.949. The molecule has 0 aliphatic carbocycles. The second kappa shape index (κ2) is 9.33. The van der Waals surface area contributed by atoms with Crippen LogP contribution in [0.15, 0.2) is 48.9 Å². The van der Waals surface area contributed by atoms with Crippen molar-refractivity contribution in [2.45, 2.75) is 33.7 Å². The van der Waals surface area contributed by atoms with Crippen molar-refractivity contribution in [2.75, 3.05) is 24.7 Å². The molecule has 0 bridgehead atoms. The van der Waals surface area contributed by atoms with E-state index < -0.39 is 0 Å². The van der Waals surface area contributed by atoms with E-state index in [1.165, 1.54) is 6.07 Å². The smallest absolute Gasteiger partial charge is 0.162 e. The van der Waals surface area contributed by atoms with Gasteiger partial charge in [0, 0.05) is 48.6 Å². The van der Waals surface area contributed by atoms with Gasteiger partial charge in [-0.25, -0.2) is 19.0 Å². The van der Waals surface area contributed by atoms with Crippen LogP contribution in [0.3, 0.4) is 0 Å². The standard InChI is InChI=1S/C29H30FN7O/c1-17-10-22(15-31-14-17)37-20(4)28(19(3)34-37)25-13-27(36-8-9-38-16-18(36)2)33-29(32-25)24-11-21(30)12-26-23(24)6-7-35(26)5/h6-7,10-15,18H,8-9,16H2,1-5H3/t18-/m1/s1. The first-order chi connectivity index (χ1) is 18.3. The molecule has 0 spiro atoms. The third kappa shape index (κ3) is 4.12. The largest absolute Gasteiger partial charge is 0.377 e. The Kier molecular flexibility index (Phi) is 5.95. The molecule has 4 aromatic heterocycles. The summed E-state index contributed by atoms with van der Waals surface area (Å²) in [5, 5.41) is 5.75. The molecular weight excluding hydrogens is 481 g/mol. The van der Waals surface area contributed by atoms with Crippen LogP contribution in [0.5, 0.6) is 0 Å². The maximum Gasteiger partial charge on any atom is 0.162 e. The summed E-state index contributed by atoms with van der Waals surface area (Å²) in [5.41, 5.74) is 6.88. The Morgan fingerprint density at radius 1 is 1.05 bits per heavy atom. The number of anilines is 1. The molecule has 1 aliphatic heterocycles. The van der Waals surface area contributed by atoms with Gasteiger partial charge in [0.05, 0.1) is 53.7 Å². The van der Waals surface area contributed by atoms with E-state index in [2.05, 4.69) is 22.9 Å². The molecule has 0 unspecified atom stereocenters. The fourth-order valence-electron chi connectivity index (χ4n) is 5.34. The lowest BCUT2D eigenvalue weighted by atomic mass is 10.1. The highest BCUT2D eigenvalue weighted by atomic mass is 19.1. The summed E-state index contributed by atoms with van der Waals surface area (Å²) in [4.78, 5) is 16.6. The number of hydrogen-bond donors (Lipinski definition) is 0. The molecular formula is C29H30FN7O. The number of ether oxygens (including phenoxy) is 1. The van der Waals surface area contributed by atoms with Gasteiger partial charge in [0.2, 0.25) is 0 Å². The number of rotatable bonds is 4. The summed E-state index contributed by atoms with van der Waals surface area (Å²) < 4.78 is 24.3. The first kappa shape index (κ1) is 24.2. The van der Waals surface area contributed by atoms with E-state index in [4.69, 9.17) is 19.8 Å². The number of halogens is 1. The molecule has 0 saturated carbocycles. The Balaban J connectivity index is 1.58. The fourth-order valence-corrected chi connectivity index (χ4v) is 5.34. The molecule has 1 atom stereocenters. The molecule has 1 aliphatic rings. The van der Waals surface area contributed by atoms with E-state index in [1.807, 2.05) is 61.6 Å². The second-order valence-corrected chi connectivity index (χ2v) is 10.0. The highest BCUT2D eigenvalue weighted by Gasteiger charge is 2.25. The Labute approximate surface area is 220 Å². The van der Waals surface area contributed by atoms with Crippen LogP contribution in [0.1, 0.15) is 23.9 Å². The topological polar surface area (TPSA) is 73.9 Å². The van der Waals surface area contributed by atoms with Crippen molar-refractivity contribution < 1.29 is 9.13 Å². The number of benzene rings is 1. The van der Waals surface area contributed by atoms with Crippen LogP contribution in [-0.2, 0) is 11.8 Å². The van der Waals surface area contributed by atoms with E-state index in [0.717, 1.165) is 50.6 Å².